The molecule has 2 heterocycles. The molecule has 2 rings (SSSR count). The first-order valence-electron chi connectivity index (χ1n) is 4.44. The number of hydrogen-bond acceptors (Lipinski definition) is 3. The SMILES string of the molecule is O=C(Nc1ccc(Br)cn1)c1cc(Br)c(Br)s1. The number of anilines is 1. The maximum absolute atomic E-state index is 11.9. The van der Waals surface area contributed by atoms with Gasteiger partial charge >= 0.3 is 0 Å². The summed E-state index contributed by atoms with van der Waals surface area (Å²) in [5, 5.41) is 2.72. The Morgan fingerprint density at radius 3 is 2.59 bits per heavy atom. The molecule has 0 fully saturated rings. The number of amides is 1. The summed E-state index contributed by atoms with van der Waals surface area (Å²) in [7, 11) is 0. The summed E-state index contributed by atoms with van der Waals surface area (Å²) in [6, 6.07) is 5.32. The average molecular weight is 441 g/mol. The number of halogens is 3. The number of thiophene rings is 1. The lowest BCUT2D eigenvalue weighted by Gasteiger charge is -2.01. The zero-order valence-electron chi connectivity index (χ0n) is 8.21. The molecule has 17 heavy (non-hydrogen) atoms. The molecule has 88 valence electrons. The highest BCUT2D eigenvalue weighted by Gasteiger charge is 2.12. The van der Waals surface area contributed by atoms with E-state index >= 15 is 0 Å². The molecule has 2 aromatic rings. The Bertz CT molecular complexity index is 534. The molecule has 3 nitrogen and oxygen atoms in total. The minimum Gasteiger partial charge on any atom is -0.306 e. The van der Waals surface area contributed by atoms with E-state index in [-0.39, 0.29) is 5.91 Å². The Morgan fingerprint density at radius 1 is 1.29 bits per heavy atom. The van der Waals surface area contributed by atoms with Crippen LogP contribution in [0, 0.1) is 0 Å². The molecule has 0 saturated carbocycles. The molecule has 0 radical (unpaired) electrons. The van der Waals surface area contributed by atoms with Crippen LogP contribution < -0.4 is 5.32 Å². The molecular weight excluding hydrogens is 436 g/mol. The summed E-state index contributed by atoms with van der Waals surface area (Å²) in [6.07, 6.45) is 1.63. The lowest BCUT2D eigenvalue weighted by Crippen LogP contribution is -2.11. The van der Waals surface area contributed by atoms with Crippen LogP contribution in [0.4, 0.5) is 5.82 Å². The van der Waals surface area contributed by atoms with Crippen molar-refractivity contribution in [2.45, 2.75) is 0 Å². The molecule has 0 saturated heterocycles. The van der Waals surface area contributed by atoms with Gasteiger partial charge in [-0.1, -0.05) is 0 Å². The molecule has 0 bridgehead atoms. The van der Waals surface area contributed by atoms with Gasteiger partial charge in [0.05, 0.1) is 8.66 Å². The van der Waals surface area contributed by atoms with Crippen LogP contribution >= 0.6 is 59.1 Å². The number of rotatable bonds is 2. The van der Waals surface area contributed by atoms with Crippen molar-refractivity contribution in [2.24, 2.45) is 0 Å². The van der Waals surface area contributed by atoms with Gasteiger partial charge in [0.25, 0.3) is 5.91 Å². The zero-order chi connectivity index (χ0) is 12.4. The van der Waals surface area contributed by atoms with Crippen molar-refractivity contribution in [3.63, 3.8) is 0 Å². The maximum atomic E-state index is 11.9. The van der Waals surface area contributed by atoms with E-state index in [4.69, 9.17) is 0 Å². The van der Waals surface area contributed by atoms with Crippen molar-refractivity contribution in [3.8, 4) is 0 Å². The molecule has 7 heteroatoms. The fraction of sp³-hybridized carbons (Fsp3) is 0. The van der Waals surface area contributed by atoms with Gasteiger partial charge in [0.15, 0.2) is 0 Å². The van der Waals surface area contributed by atoms with E-state index in [1.54, 1.807) is 18.3 Å². The number of hydrogen-bond donors (Lipinski definition) is 1. The Labute approximate surface area is 127 Å². The fourth-order valence-corrected chi connectivity index (χ4v) is 3.25. The summed E-state index contributed by atoms with van der Waals surface area (Å²) in [5.74, 6) is 0.357. The van der Waals surface area contributed by atoms with Crippen molar-refractivity contribution in [2.75, 3.05) is 5.32 Å². The van der Waals surface area contributed by atoms with Crippen LogP contribution in [0.3, 0.4) is 0 Å². The third-order valence-corrected chi connectivity index (χ3v) is 5.56. The fourth-order valence-electron chi connectivity index (χ4n) is 1.09. The summed E-state index contributed by atoms with van der Waals surface area (Å²) in [6.45, 7) is 0. The van der Waals surface area contributed by atoms with Crippen molar-refractivity contribution in [3.05, 3.63) is 42.0 Å². The Morgan fingerprint density at radius 2 is 2.06 bits per heavy atom. The van der Waals surface area contributed by atoms with E-state index in [0.29, 0.717) is 10.7 Å². The van der Waals surface area contributed by atoms with E-state index in [9.17, 15) is 4.79 Å². The minimum atomic E-state index is -0.170. The van der Waals surface area contributed by atoms with Crippen molar-refractivity contribution in [1.29, 1.82) is 0 Å². The Kier molecular flexibility index (Phi) is 4.35. The highest BCUT2D eigenvalue weighted by atomic mass is 79.9. The summed E-state index contributed by atoms with van der Waals surface area (Å²) in [5.41, 5.74) is 0. The second kappa shape index (κ2) is 5.60. The minimum absolute atomic E-state index is 0.170. The number of pyridine rings is 1. The van der Waals surface area contributed by atoms with Crippen LogP contribution in [0.5, 0.6) is 0 Å². The van der Waals surface area contributed by atoms with Crippen LogP contribution in [0.2, 0.25) is 0 Å². The molecule has 0 aliphatic rings. The third-order valence-electron chi connectivity index (χ3n) is 1.84. The molecule has 0 atom stereocenters. The van der Waals surface area contributed by atoms with Gasteiger partial charge in [-0.2, -0.15) is 0 Å². The van der Waals surface area contributed by atoms with Crippen LogP contribution in [0.15, 0.2) is 37.1 Å². The number of carbonyl (C=O) groups excluding carboxylic acids is 1. The van der Waals surface area contributed by atoms with Crippen LogP contribution in [-0.2, 0) is 0 Å². The van der Waals surface area contributed by atoms with E-state index in [1.807, 2.05) is 6.07 Å². The first kappa shape index (κ1) is 13.2. The van der Waals surface area contributed by atoms with Gasteiger partial charge in [0.1, 0.15) is 5.82 Å². The lowest BCUT2D eigenvalue weighted by atomic mass is 10.4. The first-order chi connectivity index (χ1) is 8.06. The molecule has 1 amide bonds. The Hall–Kier alpha value is -0.240. The predicted molar refractivity (Wildman–Crippen MR) is 79.6 cm³/mol. The second-order valence-corrected chi connectivity index (χ2v) is 7.19. The highest BCUT2D eigenvalue weighted by molar-refractivity contribution is 9.13. The molecule has 1 N–H and O–H groups in total. The summed E-state index contributed by atoms with van der Waals surface area (Å²) in [4.78, 5) is 16.6. The normalized spacial score (nSPS) is 10.3. The number of nitrogens with zero attached hydrogens (tertiary/aromatic N) is 1. The maximum Gasteiger partial charge on any atom is 0.266 e. The van der Waals surface area contributed by atoms with E-state index < -0.39 is 0 Å². The smallest absolute Gasteiger partial charge is 0.266 e. The van der Waals surface area contributed by atoms with Gasteiger partial charge in [0.2, 0.25) is 0 Å². The molecule has 2 aromatic heterocycles. The highest BCUT2D eigenvalue weighted by Crippen LogP contribution is 2.32. The summed E-state index contributed by atoms with van der Waals surface area (Å²) >= 11 is 11.3. The van der Waals surface area contributed by atoms with Gasteiger partial charge in [0, 0.05) is 15.1 Å². The molecule has 0 unspecified atom stereocenters. The van der Waals surface area contributed by atoms with Crippen LogP contribution in [0.25, 0.3) is 0 Å². The zero-order valence-corrected chi connectivity index (χ0v) is 13.8. The van der Waals surface area contributed by atoms with E-state index in [0.717, 1.165) is 12.7 Å². The van der Waals surface area contributed by atoms with E-state index in [1.165, 1.54) is 11.3 Å². The van der Waals surface area contributed by atoms with Gasteiger partial charge in [-0.05, 0) is 66.0 Å². The van der Waals surface area contributed by atoms with Crippen LogP contribution in [-0.4, -0.2) is 10.9 Å². The average Bonchev–Trinajstić information content (AvgIpc) is 2.63. The Balaban J connectivity index is 2.14. The quantitative estimate of drug-likeness (QED) is 0.736. The predicted octanol–water partition coefficient (Wildman–Crippen LogP) is 4.68. The standard InChI is InChI=1S/C10H5Br3N2OS/c11-5-1-2-8(14-4-5)15-10(16)7-3-6(12)9(13)17-7/h1-4H,(H,14,15,16). The summed E-state index contributed by atoms with van der Waals surface area (Å²) < 4.78 is 2.64. The van der Waals surface area contributed by atoms with Gasteiger partial charge in [-0.25, -0.2) is 4.98 Å². The molecule has 0 aromatic carbocycles. The number of nitrogens with one attached hydrogen (secondary N) is 1. The van der Waals surface area contributed by atoms with Crippen LogP contribution in [0.1, 0.15) is 9.67 Å². The van der Waals surface area contributed by atoms with Crippen molar-refractivity contribution in [1.82, 2.24) is 4.98 Å². The topological polar surface area (TPSA) is 42.0 Å². The number of carbonyl (C=O) groups is 1. The second-order valence-electron chi connectivity index (χ2n) is 3.05. The number of aromatic nitrogens is 1. The lowest BCUT2D eigenvalue weighted by molar-refractivity contribution is 0.103. The first-order valence-corrected chi connectivity index (χ1v) is 7.63. The van der Waals surface area contributed by atoms with Gasteiger partial charge in [-0.15, -0.1) is 11.3 Å². The van der Waals surface area contributed by atoms with Gasteiger partial charge in [-0.3, -0.25) is 4.79 Å². The molecule has 0 aliphatic heterocycles. The largest absolute Gasteiger partial charge is 0.306 e. The third kappa shape index (κ3) is 3.37. The van der Waals surface area contributed by atoms with E-state index in [2.05, 4.69) is 58.1 Å². The molecule has 0 spiro atoms. The van der Waals surface area contributed by atoms with Gasteiger partial charge < -0.3 is 5.32 Å². The monoisotopic (exact) mass is 438 g/mol. The van der Waals surface area contributed by atoms with Crippen molar-refractivity contribution >= 4 is 70.9 Å². The molecular formula is C10H5Br3N2OS. The molecule has 0 aliphatic carbocycles. The van der Waals surface area contributed by atoms with Crippen molar-refractivity contribution < 1.29 is 4.79 Å².